The molecule has 0 spiro atoms. The summed E-state index contributed by atoms with van der Waals surface area (Å²) < 4.78 is 1.88. The van der Waals surface area contributed by atoms with Gasteiger partial charge in [0.1, 0.15) is 5.25 Å². The van der Waals surface area contributed by atoms with E-state index in [-0.39, 0.29) is 11.9 Å². The summed E-state index contributed by atoms with van der Waals surface area (Å²) in [6.07, 6.45) is 0.748. The van der Waals surface area contributed by atoms with E-state index < -0.39 is 5.25 Å². The van der Waals surface area contributed by atoms with Crippen molar-refractivity contribution in [2.24, 2.45) is 0 Å². The normalized spacial score (nSPS) is 18.2. The highest BCUT2D eigenvalue weighted by molar-refractivity contribution is 8.00. The van der Waals surface area contributed by atoms with Crippen LogP contribution in [0, 0.1) is 6.92 Å². The number of hydrogen-bond donors (Lipinski definition) is 2. The van der Waals surface area contributed by atoms with Crippen molar-refractivity contribution in [2.75, 3.05) is 10.7 Å². The molecule has 144 valence electrons. The van der Waals surface area contributed by atoms with Crippen molar-refractivity contribution in [1.82, 2.24) is 14.9 Å². The molecule has 0 bridgehead atoms. The Morgan fingerprint density at radius 3 is 2.68 bits per heavy atom. The number of nitrogens with zero attached hydrogens (tertiary/aromatic N) is 3. The summed E-state index contributed by atoms with van der Waals surface area (Å²) in [6, 6.07) is 15.2. The fourth-order valence-electron chi connectivity index (χ4n) is 3.12. The lowest BCUT2D eigenvalue weighted by molar-refractivity contribution is -0.116. The van der Waals surface area contributed by atoms with E-state index in [1.807, 2.05) is 54.9 Å². The number of rotatable bonds is 4. The maximum absolute atomic E-state index is 13.2. The van der Waals surface area contributed by atoms with Crippen LogP contribution in [0.2, 0.25) is 5.02 Å². The van der Waals surface area contributed by atoms with Gasteiger partial charge in [-0.25, -0.2) is 4.68 Å². The molecule has 0 unspecified atom stereocenters. The quantitative estimate of drug-likeness (QED) is 0.670. The van der Waals surface area contributed by atoms with Crippen molar-refractivity contribution in [2.45, 2.75) is 36.7 Å². The molecule has 1 aliphatic heterocycles. The fourth-order valence-corrected chi connectivity index (χ4v) is 4.40. The second-order valence-corrected chi connectivity index (χ2v) is 8.13. The van der Waals surface area contributed by atoms with E-state index in [4.69, 9.17) is 11.6 Å². The van der Waals surface area contributed by atoms with Gasteiger partial charge in [-0.15, -0.1) is 10.2 Å². The molecule has 2 heterocycles. The number of anilines is 1. The maximum Gasteiger partial charge on any atom is 0.240 e. The molecule has 0 fully saturated rings. The van der Waals surface area contributed by atoms with Crippen molar-refractivity contribution in [3.63, 3.8) is 0 Å². The molecule has 1 amide bonds. The van der Waals surface area contributed by atoms with Gasteiger partial charge in [-0.1, -0.05) is 72.2 Å². The first kappa shape index (κ1) is 18.8. The Hall–Kier alpha value is -2.51. The van der Waals surface area contributed by atoms with Crippen LogP contribution in [0.15, 0.2) is 53.7 Å². The van der Waals surface area contributed by atoms with Crippen LogP contribution in [0.4, 0.5) is 5.69 Å². The van der Waals surface area contributed by atoms with E-state index in [2.05, 4.69) is 20.9 Å². The Balaban J connectivity index is 1.68. The summed E-state index contributed by atoms with van der Waals surface area (Å²) in [5.74, 6) is 0.702. The Morgan fingerprint density at radius 1 is 1.21 bits per heavy atom. The molecular weight excluding hydrogens is 394 g/mol. The molecule has 6 nitrogen and oxygen atoms in total. The van der Waals surface area contributed by atoms with Crippen molar-refractivity contribution < 1.29 is 4.79 Å². The zero-order valence-electron chi connectivity index (χ0n) is 15.5. The predicted molar refractivity (Wildman–Crippen MR) is 112 cm³/mol. The average Bonchev–Trinajstić information content (AvgIpc) is 3.11. The molecular formula is C20H20ClN5OS. The van der Waals surface area contributed by atoms with Gasteiger partial charge < -0.3 is 10.7 Å². The highest BCUT2D eigenvalue weighted by Gasteiger charge is 2.37. The topological polar surface area (TPSA) is 71.8 Å². The summed E-state index contributed by atoms with van der Waals surface area (Å²) in [7, 11) is 0. The number of thioether (sulfide) groups is 1. The monoisotopic (exact) mass is 413 g/mol. The third-order valence-electron chi connectivity index (χ3n) is 4.65. The second kappa shape index (κ2) is 7.85. The molecule has 2 atom stereocenters. The number of carbonyl (C=O) groups excluding carboxylic acids is 1. The second-order valence-electron chi connectivity index (χ2n) is 6.61. The zero-order valence-corrected chi connectivity index (χ0v) is 17.1. The molecule has 3 aromatic rings. The lowest BCUT2D eigenvalue weighted by Crippen LogP contribution is -2.41. The molecule has 4 rings (SSSR count). The number of para-hydroxylation sites is 1. The average molecular weight is 414 g/mol. The summed E-state index contributed by atoms with van der Waals surface area (Å²) in [5, 5.41) is 12.2. The zero-order chi connectivity index (χ0) is 19.7. The molecule has 28 heavy (non-hydrogen) atoms. The van der Waals surface area contributed by atoms with Gasteiger partial charge in [0.25, 0.3) is 0 Å². The van der Waals surface area contributed by atoms with Crippen LogP contribution in [0.1, 0.15) is 29.9 Å². The van der Waals surface area contributed by atoms with Gasteiger partial charge >= 0.3 is 0 Å². The Bertz CT molecular complexity index is 1000. The van der Waals surface area contributed by atoms with Crippen LogP contribution in [0.25, 0.3) is 0 Å². The summed E-state index contributed by atoms with van der Waals surface area (Å²) in [5.41, 5.74) is 6.23. The van der Waals surface area contributed by atoms with Crippen LogP contribution in [-0.4, -0.2) is 26.0 Å². The minimum Gasteiger partial charge on any atom is -0.324 e. The van der Waals surface area contributed by atoms with Gasteiger partial charge in [-0.05, 0) is 24.6 Å². The molecule has 0 aliphatic carbocycles. The van der Waals surface area contributed by atoms with Gasteiger partial charge in [0.2, 0.25) is 11.1 Å². The van der Waals surface area contributed by atoms with Crippen molar-refractivity contribution >= 4 is 35.0 Å². The Morgan fingerprint density at radius 2 is 1.96 bits per heavy atom. The summed E-state index contributed by atoms with van der Waals surface area (Å²) in [6.45, 7) is 4.07. The minimum absolute atomic E-state index is 0.136. The fraction of sp³-hybridized carbons (Fsp3) is 0.250. The van der Waals surface area contributed by atoms with E-state index in [9.17, 15) is 4.79 Å². The molecule has 1 aliphatic rings. The van der Waals surface area contributed by atoms with E-state index >= 15 is 0 Å². The summed E-state index contributed by atoms with van der Waals surface area (Å²) >= 11 is 7.62. The molecule has 0 saturated carbocycles. The van der Waals surface area contributed by atoms with Gasteiger partial charge in [0.15, 0.2) is 5.82 Å². The Labute approximate surface area is 172 Å². The van der Waals surface area contributed by atoms with Gasteiger partial charge in [0.05, 0.1) is 16.8 Å². The smallest absolute Gasteiger partial charge is 0.240 e. The number of carbonyl (C=O) groups is 1. The summed E-state index contributed by atoms with van der Waals surface area (Å²) in [4.78, 5) is 13.2. The van der Waals surface area contributed by atoms with Crippen LogP contribution < -0.4 is 10.7 Å². The maximum atomic E-state index is 13.2. The highest BCUT2D eigenvalue weighted by Crippen LogP contribution is 2.38. The number of hydrogen-bond acceptors (Lipinski definition) is 5. The molecule has 2 N–H and O–H groups in total. The number of halogens is 1. The number of aryl methyl sites for hydroxylation is 2. The van der Waals surface area contributed by atoms with E-state index in [0.717, 1.165) is 17.8 Å². The molecule has 1 aromatic heterocycles. The number of aromatic nitrogens is 3. The molecule has 2 aromatic carbocycles. The molecule has 0 saturated heterocycles. The van der Waals surface area contributed by atoms with Gasteiger partial charge in [-0.3, -0.25) is 4.79 Å². The van der Waals surface area contributed by atoms with Crippen molar-refractivity contribution in [1.29, 1.82) is 0 Å². The van der Waals surface area contributed by atoms with Gasteiger partial charge in [-0.2, -0.15) is 0 Å². The largest absolute Gasteiger partial charge is 0.324 e. The minimum atomic E-state index is -0.430. The first-order valence-electron chi connectivity index (χ1n) is 9.06. The first-order chi connectivity index (χ1) is 13.6. The lowest BCUT2D eigenvalue weighted by Gasteiger charge is -2.33. The lowest BCUT2D eigenvalue weighted by atomic mass is 10.0. The van der Waals surface area contributed by atoms with Crippen molar-refractivity contribution in [3.8, 4) is 0 Å². The predicted octanol–water partition coefficient (Wildman–Crippen LogP) is 4.20. The highest BCUT2D eigenvalue weighted by atomic mass is 35.5. The van der Waals surface area contributed by atoms with E-state index in [1.54, 1.807) is 12.1 Å². The van der Waals surface area contributed by atoms with E-state index in [1.165, 1.54) is 17.3 Å². The van der Waals surface area contributed by atoms with Crippen LogP contribution >= 0.6 is 23.4 Å². The number of benzene rings is 2. The van der Waals surface area contributed by atoms with E-state index in [0.29, 0.717) is 15.9 Å². The number of nitrogens with one attached hydrogen (secondary N) is 2. The van der Waals surface area contributed by atoms with Crippen LogP contribution in [-0.2, 0) is 11.2 Å². The molecule has 0 radical (unpaired) electrons. The van der Waals surface area contributed by atoms with Crippen molar-refractivity contribution in [3.05, 3.63) is 70.5 Å². The van der Waals surface area contributed by atoms with Gasteiger partial charge in [0, 0.05) is 6.42 Å². The third-order valence-corrected chi connectivity index (χ3v) is 6.19. The Kier molecular flexibility index (Phi) is 5.28. The number of fused-ring (bicyclic) bond motifs is 1. The molecule has 8 heteroatoms. The van der Waals surface area contributed by atoms with Crippen LogP contribution in [0.5, 0.6) is 0 Å². The SMILES string of the molecule is CCc1nnc2n1N[C@@H](c1ccc(C)cc1)[C@H](C(=O)Nc1ccccc1Cl)S2. The van der Waals surface area contributed by atoms with Crippen LogP contribution in [0.3, 0.4) is 0 Å². The standard InChI is InChI=1S/C20H20ClN5OS/c1-3-16-23-24-20-26(16)25-17(13-10-8-12(2)9-11-13)18(28-20)19(27)22-15-7-5-4-6-14(15)21/h4-11,17-18,25H,3H2,1-2H3,(H,22,27)/t17-,18+/m0/s1. The number of amides is 1. The third kappa shape index (κ3) is 3.59. The first-order valence-corrected chi connectivity index (χ1v) is 10.3.